The van der Waals surface area contributed by atoms with Gasteiger partial charge in [-0.15, -0.1) is 12.5 Å². The zero-order valence-electron chi connectivity index (χ0n) is 14.3. The lowest BCUT2D eigenvalue weighted by Gasteiger charge is -2.44. The van der Waals surface area contributed by atoms with Crippen molar-refractivity contribution >= 4 is 8.32 Å². The second-order valence-electron chi connectivity index (χ2n) is 7.51. The number of rotatable bonds is 5. The van der Waals surface area contributed by atoms with E-state index in [1.165, 1.54) is 0 Å². The molecule has 0 aromatic heterocycles. The molecule has 0 aliphatic heterocycles. The molecule has 0 aliphatic rings. The van der Waals surface area contributed by atoms with Crippen LogP contribution in [-0.4, -0.2) is 14.4 Å². The van der Waals surface area contributed by atoms with E-state index in [9.17, 15) is 0 Å². The monoisotopic (exact) mass is 280 g/mol. The lowest BCUT2D eigenvalue weighted by molar-refractivity contribution is 0.0644. The lowest BCUT2D eigenvalue weighted by atomic mass is 9.80. The quantitative estimate of drug-likeness (QED) is 0.380. The van der Waals surface area contributed by atoms with E-state index in [1.54, 1.807) is 0 Å². The van der Waals surface area contributed by atoms with Crippen LogP contribution in [0.25, 0.3) is 0 Å². The zero-order valence-corrected chi connectivity index (χ0v) is 15.3. The standard InChI is InChI=1S/C17H32OSi/c1-11-13-14(3)15(17(7,8)12-2)18-19(9,10)16(4,5)6/h12,14-15H,2H2,1,3-10H3/t14-,15+/m0/s1. The highest BCUT2D eigenvalue weighted by Gasteiger charge is 2.43. The molecule has 0 unspecified atom stereocenters. The first-order valence-corrected chi connectivity index (χ1v) is 10.0. The van der Waals surface area contributed by atoms with Crippen LogP contribution in [0.5, 0.6) is 0 Å². The molecule has 0 N–H and O–H groups in total. The van der Waals surface area contributed by atoms with Gasteiger partial charge in [0.2, 0.25) is 0 Å². The molecule has 0 aromatic carbocycles. The van der Waals surface area contributed by atoms with Gasteiger partial charge in [-0.1, -0.05) is 46.6 Å². The van der Waals surface area contributed by atoms with Gasteiger partial charge in [-0.05, 0) is 32.0 Å². The van der Waals surface area contributed by atoms with Crippen molar-refractivity contribution in [3.05, 3.63) is 12.7 Å². The summed E-state index contributed by atoms with van der Waals surface area (Å²) in [6.45, 7) is 23.8. The van der Waals surface area contributed by atoms with E-state index in [1.807, 2.05) is 13.0 Å². The highest BCUT2D eigenvalue weighted by molar-refractivity contribution is 6.74. The maximum absolute atomic E-state index is 6.64. The van der Waals surface area contributed by atoms with Gasteiger partial charge in [-0.2, -0.15) is 0 Å². The Kier molecular flexibility index (Phi) is 6.11. The van der Waals surface area contributed by atoms with Crippen LogP contribution in [-0.2, 0) is 4.43 Å². The average molecular weight is 281 g/mol. The summed E-state index contributed by atoms with van der Waals surface area (Å²) in [4.78, 5) is 0. The van der Waals surface area contributed by atoms with Crippen molar-refractivity contribution in [1.82, 2.24) is 0 Å². The van der Waals surface area contributed by atoms with Crippen LogP contribution < -0.4 is 0 Å². The van der Waals surface area contributed by atoms with Crippen molar-refractivity contribution in [2.24, 2.45) is 11.3 Å². The molecular weight excluding hydrogens is 248 g/mol. The van der Waals surface area contributed by atoms with Crippen LogP contribution in [0.4, 0.5) is 0 Å². The molecule has 0 aliphatic carbocycles. The predicted molar refractivity (Wildman–Crippen MR) is 88.7 cm³/mol. The van der Waals surface area contributed by atoms with Crippen LogP contribution in [0.1, 0.15) is 48.5 Å². The molecule has 2 heteroatoms. The van der Waals surface area contributed by atoms with E-state index in [2.05, 4.69) is 73.1 Å². The fourth-order valence-electron chi connectivity index (χ4n) is 1.81. The molecule has 0 radical (unpaired) electrons. The molecule has 0 fully saturated rings. The summed E-state index contributed by atoms with van der Waals surface area (Å²) in [6, 6.07) is 0. The minimum atomic E-state index is -1.80. The van der Waals surface area contributed by atoms with Gasteiger partial charge in [0.1, 0.15) is 0 Å². The third-order valence-electron chi connectivity index (χ3n) is 4.31. The maximum atomic E-state index is 6.64. The Morgan fingerprint density at radius 2 is 1.63 bits per heavy atom. The Bertz CT molecular complexity index is 363. The van der Waals surface area contributed by atoms with Gasteiger partial charge in [0.15, 0.2) is 8.32 Å². The topological polar surface area (TPSA) is 9.23 Å². The van der Waals surface area contributed by atoms with Gasteiger partial charge in [-0.25, -0.2) is 0 Å². The molecule has 110 valence electrons. The Morgan fingerprint density at radius 1 is 1.16 bits per heavy atom. The highest BCUT2D eigenvalue weighted by atomic mass is 28.4. The molecular formula is C17H32OSi. The van der Waals surface area contributed by atoms with Gasteiger partial charge in [-0.3, -0.25) is 0 Å². The number of hydrogen-bond donors (Lipinski definition) is 0. The van der Waals surface area contributed by atoms with Gasteiger partial charge in [0.25, 0.3) is 0 Å². The van der Waals surface area contributed by atoms with Crippen molar-refractivity contribution in [1.29, 1.82) is 0 Å². The molecule has 0 aromatic rings. The van der Waals surface area contributed by atoms with Crippen molar-refractivity contribution < 1.29 is 4.43 Å². The smallest absolute Gasteiger partial charge is 0.192 e. The summed E-state index contributed by atoms with van der Waals surface area (Å²) in [5, 5.41) is 0.210. The Balaban J connectivity index is 5.40. The molecule has 0 bridgehead atoms. The first kappa shape index (κ1) is 18.5. The number of hydrogen-bond acceptors (Lipinski definition) is 1. The first-order chi connectivity index (χ1) is 8.39. The van der Waals surface area contributed by atoms with Gasteiger partial charge < -0.3 is 4.43 Å². The van der Waals surface area contributed by atoms with Crippen LogP contribution in [0, 0.1) is 23.2 Å². The Morgan fingerprint density at radius 3 is 1.95 bits per heavy atom. The van der Waals surface area contributed by atoms with E-state index < -0.39 is 8.32 Å². The summed E-state index contributed by atoms with van der Waals surface area (Å²) >= 11 is 0. The summed E-state index contributed by atoms with van der Waals surface area (Å²) in [6.07, 6.45) is 2.09. The van der Waals surface area contributed by atoms with Crippen LogP contribution in [0.2, 0.25) is 18.1 Å². The highest BCUT2D eigenvalue weighted by Crippen LogP contribution is 2.41. The normalized spacial score (nSPS) is 16.3. The third kappa shape index (κ3) is 4.82. The molecule has 0 spiro atoms. The van der Waals surface area contributed by atoms with Crippen LogP contribution >= 0.6 is 0 Å². The van der Waals surface area contributed by atoms with Gasteiger partial charge in [0, 0.05) is 11.3 Å². The second kappa shape index (κ2) is 6.28. The summed E-state index contributed by atoms with van der Waals surface area (Å²) in [5.74, 6) is 6.49. The Hall–Kier alpha value is -0.523. The molecule has 1 nitrogen and oxygen atoms in total. The zero-order chi connectivity index (χ0) is 15.5. The fraction of sp³-hybridized carbons (Fsp3) is 0.765. The SMILES string of the molecule is C=CC(C)(C)[C@H](O[Si](C)(C)C(C)(C)C)[C@@H](C)C#CC. The summed E-state index contributed by atoms with van der Waals surface area (Å²) in [5.41, 5.74) is -0.0706. The minimum Gasteiger partial charge on any atom is -0.412 e. The Labute approximate surface area is 122 Å². The van der Waals surface area contributed by atoms with E-state index in [4.69, 9.17) is 4.43 Å². The minimum absolute atomic E-state index is 0.0706. The van der Waals surface area contributed by atoms with Crippen LogP contribution in [0.3, 0.4) is 0 Å². The van der Waals surface area contributed by atoms with Gasteiger partial charge in [0.05, 0.1) is 6.10 Å². The lowest BCUT2D eigenvalue weighted by Crippen LogP contribution is -2.49. The predicted octanol–water partition coefficient (Wildman–Crippen LogP) is 5.25. The molecule has 0 rings (SSSR count). The summed E-state index contributed by atoms with van der Waals surface area (Å²) in [7, 11) is -1.80. The van der Waals surface area contributed by atoms with Crippen molar-refractivity contribution in [3.8, 4) is 11.8 Å². The van der Waals surface area contributed by atoms with E-state index in [0.29, 0.717) is 0 Å². The largest absolute Gasteiger partial charge is 0.412 e. The average Bonchev–Trinajstić information content (AvgIpc) is 2.24. The van der Waals surface area contributed by atoms with E-state index >= 15 is 0 Å². The van der Waals surface area contributed by atoms with Crippen molar-refractivity contribution in [2.45, 2.75) is 72.7 Å². The van der Waals surface area contributed by atoms with E-state index in [0.717, 1.165) is 0 Å². The van der Waals surface area contributed by atoms with Gasteiger partial charge >= 0.3 is 0 Å². The maximum Gasteiger partial charge on any atom is 0.192 e. The summed E-state index contributed by atoms with van der Waals surface area (Å²) < 4.78 is 6.64. The van der Waals surface area contributed by atoms with Crippen molar-refractivity contribution in [2.75, 3.05) is 0 Å². The molecule has 0 saturated carbocycles. The van der Waals surface area contributed by atoms with Crippen molar-refractivity contribution in [3.63, 3.8) is 0 Å². The second-order valence-corrected chi connectivity index (χ2v) is 12.3. The fourth-order valence-corrected chi connectivity index (χ4v) is 3.31. The molecule has 0 saturated heterocycles. The van der Waals surface area contributed by atoms with E-state index in [-0.39, 0.29) is 22.5 Å². The van der Waals surface area contributed by atoms with Crippen LogP contribution in [0.15, 0.2) is 12.7 Å². The molecule has 0 amide bonds. The molecule has 0 heterocycles. The molecule has 2 atom stereocenters. The first-order valence-electron chi connectivity index (χ1n) is 7.12. The molecule has 19 heavy (non-hydrogen) atoms. The third-order valence-corrected chi connectivity index (χ3v) is 8.77.